The second kappa shape index (κ2) is 6.71. The van der Waals surface area contributed by atoms with Gasteiger partial charge in [0.25, 0.3) is 5.91 Å². The summed E-state index contributed by atoms with van der Waals surface area (Å²) in [7, 11) is 0. The maximum absolute atomic E-state index is 12.6. The van der Waals surface area contributed by atoms with Gasteiger partial charge < -0.3 is 4.90 Å². The Morgan fingerprint density at radius 3 is 2.33 bits per heavy atom. The fourth-order valence-electron chi connectivity index (χ4n) is 1.74. The number of carbonyl (C=O) groups excluding carboxylic acids is 1. The minimum absolute atomic E-state index is 0.0758. The molecule has 0 saturated carbocycles. The number of amides is 1. The van der Waals surface area contributed by atoms with E-state index >= 15 is 0 Å². The number of rotatable bonds is 4. The molecule has 0 atom stereocenters. The first kappa shape index (κ1) is 15.7. The van der Waals surface area contributed by atoms with E-state index in [1.165, 1.54) is 0 Å². The van der Waals surface area contributed by atoms with Gasteiger partial charge in [0, 0.05) is 21.5 Å². The van der Waals surface area contributed by atoms with Gasteiger partial charge in [0.05, 0.1) is 5.56 Å². The largest absolute Gasteiger partial charge is 0.336 e. The molecule has 0 fully saturated rings. The van der Waals surface area contributed by atoms with E-state index in [0.717, 1.165) is 15.5 Å². The predicted octanol–water partition coefficient (Wildman–Crippen LogP) is 4.72. The van der Waals surface area contributed by atoms with Crippen LogP contribution in [0.5, 0.6) is 0 Å². The number of hydrogen-bond donors (Lipinski definition) is 0. The van der Waals surface area contributed by atoms with Crippen LogP contribution >= 0.6 is 31.9 Å². The fourth-order valence-corrected chi connectivity index (χ4v) is 2.52. The Balaban J connectivity index is 3.05. The summed E-state index contributed by atoms with van der Waals surface area (Å²) in [6.07, 6.45) is 0. The average Bonchev–Trinajstić information content (AvgIpc) is 2.27. The lowest BCUT2D eigenvalue weighted by atomic mass is 10.1. The van der Waals surface area contributed by atoms with Crippen molar-refractivity contribution in [1.29, 1.82) is 0 Å². The van der Waals surface area contributed by atoms with Crippen LogP contribution in [-0.4, -0.2) is 23.4 Å². The number of halogens is 2. The van der Waals surface area contributed by atoms with Crippen molar-refractivity contribution in [2.45, 2.75) is 33.7 Å². The molecular weight excluding hydrogens is 358 g/mol. The lowest BCUT2D eigenvalue weighted by molar-refractivity contribution is 0.0681. The lowest BCUT2D eigenvalue weighted by Crippen LogP contribution is -2.39. The third-order valence-electron chi connectivity index (χ3n) is 2.60. The lowest BCUT2D eigenvalue weighted by Gasteiger charge is -2.29. The molecule has 0 N–H and O–H groups in total. The van der Waals surface area contributed by atoms with E-state index in [9.17, 15) is 4.79 Å². The van der Waals surface area contributed by atoms with Crippen LogP contribution in [0.1, 0.15) is 38.1 Å². The minimum Gasteiger partial charge on any atom is -0.336 e. The molecule has 1 aromatic rings. The molecule has 0 aliphatic rings. The molecule has 1 rings (SSSR count). The summed E-state index contributed by atoms with van der Waals surface area (Å²) in [5, 5.41) is 0. The highest BCUT2D eigenvalue weighted by Crippen LogP contribution is 2.24. The molecule has 0 aliphatic carbocycles. The van der Waals surface area contributed by atoms with E-state index in [-0.39, 0.29) is 11.9 Å². The molecule has 0 aromatic heterocycles. The third-order valence-corrected chi connectivity index (χ3v) is 3.79. The van der Waals surface area contributed by atoms with Crippen molar-refractivity contribution in [2.24, 2.45) is 5.92 Å². The van der Waals surface area contributed by atoms with E-state index in [1.54, 1.807) is 0 Å². The molecule has 0 aliphatic heterocycles. The first-order valence-electron chi connectivity index (χ1n) is 6.09. The van der Waals surface area contributed by atoms with Gasteiger partial charge in [-0.3, -0.25) is 4.79 Å². The average molecular weight is 377 g/mol. The molecule has 100 valence electrons. The van der Waals surface area contributed by atoms with Crippen molar-refractivity contribution >= 4 is 37.8 Å². The van der Waals surface area contributed by atoms with Crippen LogP contribution < -0.4 is 0 Å². The third kappa shape index (κ3) is 4.09. The van der Waals surface area contributed by atoms with Gasteiger partial charge in [-0.05, 0) is 53.9 Å². The van der Waals surface area contributed by atoms with Crippen molar-refractivity contribution in [3.05, 3.63) is 32.7 Å². The Morgan fingerprint density at radius 1 is 1.22 bits per heavy atom. The SMILES string of the molecule is CC(C)CN(C(=O)c1cc(Br)ccc1Br)C(C)C. The summed E-state index contributed by atoms with van der Waals surface area (Å²) in [6, 6.07) is 5.88. The topological polar surface area (TPSA) is 20.3 Å². The minimum atomic E-state index is 0.0758. The van der Waals surface area contributed by atoms with E-state index in [4.69, 9.17) is 0 Å². The van der Waals surface area contributed by atoms with E-state index in [0.29, 0.717) is 11.5 Å². The maximum Gasteiger partial charge on any atom is 0.255 e. The van der Waals surface area contributed by atoms with Crippen LogP contribution in [0, 0.1) is 5.92 Å². The normalized spacial score (nSPS) is 11.1. The highest BCUT2D eigenvalue weighted by Gasteiger charge is 2.21. The van der Waals surface area contributed by atoms with Gasteiger partial charge in [0.1, 0.15) is 0 Å². The second-order valence-corrected chi connectivity index (χ2v) is 6.84. The molecule has 0 spiro atoms. The van der Waals surface area contributed by atoms with Gasteiger partial charge in [-0.15, -0.1) is 0 Å². The molecule has 0 unspecified atom stereocenters. The van der Waals surface area contributed by atoms with Gasteiger partial charge in [-0.1, -0.05) is 29.8 Å². The van der Waals surface area contributed by atoms with Crippen molar-refractivity contribution in [3.63, 3.8) is 0 Å². The smallest absolute Gasteiger partial charge is 0.255 e. The summed E-state index contributed by atoms with van der Waals surface area (Å²) >= 11 is 6.86. The van der Waals surface area contributed by atoms with E-state index in [2.05, 4.69) is 45.7 Å². The van der Waals surface area contributed by atoms with Gasteiger partial charge in [0.2, 0.25) is 0 Å². The monoisotopic (exact) mass is 375 g/mol. The van der Waals surface area contributed by atoms with E-state index in [1.807, 2.05) is 36.9 Å². The predicted molar refractivity (Wildman–Crippen MR) is 82.9 cm³/mol. The first-order valence-corrected chi connectivity index (χ1v) is 7.67. The van der Waals surface area contributed by atoms with Crippen molar-refractivity contribution in [3.8, 4) is 0 Å². The molecule has 1 aromatic carbocycles. The van der Waals surface area contributed by atoms with Gasteiger partial charge in [-0.25, -0.2) is 0 Å². The van der Waals surface area contributed by atoms with Crippen LogP contribution in [0.2, 0.25) is 0 Å². The van der Waals surface area contributed by atoms with Crippen molar-refractivity contribution in [2.75, 3.05) is 6.54 Å². The summed E-state index contributed by atoms with van der Waals surface area (Å²) in [5.41, 5.74) is 0.707. The standard InChI is InChI=1S/C14H19Br2NO/c1-9(2)8-17(10(3)4)14(18)12-7-11(15)5-6-13(12)16/h5-7,9-10H,8H2,1-4H3. The zero-order valence-electron chi connectivity index (χ0n) is 11.2. The first-order chi connectivity index (χ1) is 8.32. The number of nitrogens with zero attached hydrogens (tertiary/aromatic N) is 1. The fraction of sp³-hybridized carbons (Fsp3) is 0.500. The molecule has 0 bridgehead atoms. The number of benzene rings is 1. The molecular formula is C14H19Br2NO. The summed E-state index contributed by atoms with van der Waals surface area (Å²) in [6.45, 7) is 9.12. The summed E-state index contributed by atoms with van der Waals surface area (Å²) in [5.74, 6) is 0.536. The van der Waals surface area contributed by atoms with E-state index < -0.39 is 0 Å². The zero-order chi connectivity index (χ0) is 13.9. The van der Waals surface area contributed by atoms with Gasteiger partial charge in [-0.2, -0.15) is 0 Å². The molecule has 0 heterocycles. The van der Waals surface area contributed by atoms with Gasteiger partial charge in [0.15, 0.2) is 0 Å². The quantitative estimate of drug-likeness (QED) is 0.744. The maximum atomic E-state index is 12.6. The van der Waals surface area contributed by atoms with Crippen LogP contribution in [0.25, 0.3) is 0 Å². The highest BCUT2D eigenvalue weighted by atomic mass is 79.9. The van der Waals surface area contributed by atoms with Crippen molar-refractivity contribution < 1.29 is 4.79 Å². The molecule has 2 nitrogen and oxygen atoms in total. The Bertz CT molecular complexity index is 430. The second-order valence-electron chi connectivity index (χ2n) is 5.07. The van der Waals surface area contributed by atoms with Crippen LogP contribution in [0.3, 0.4) is 0 Å². The Kier molecular flexibility index (Phi) is 5.86. The van der Waals surface area contributed by atoms with Gasteiger partial charge >= 0.3 is 0 Å². The summed E-state index contributed by atoms with van der Waals surface area (Å²) < 4.78 is 1.76. The Morgan fingerprint density at radius 2 is 1.83 bits per heavy atom. The molecule has 18 heavy (non-hydrogen) atoms. The van der Waals surface area contributed by atoms with Crippen molar-refractivity contribution in [1.82, 2.24) is 4.90 Å². The van der Waals surface area contributed by atoms with Crippen LogP contribution in [0.15, 0.2) is 27.1 Å². The molecule has 0 radical (unpaired) electrons. The number of carbonyl (C=O) groups is 1. The highest BCUT2D eigenvalue weighted by molar-refractivity contribution is 9.11. The molecule has 1 amide bonds. The zero-order valence-corrected chi connectivity index (χ0v) is 14.4. The van der Waals surface area contributed by atoms with Crippen LogP contribution in [-0.2, 0) is 0 Å². The Labute approximate surface area is 126 Å². The van der Waals surface area contributed by atoms with Crippen LogP contribution in [0.4, 0.5) is 0 Å². The molecule has 0 saturated heterocycles. The Hall–Kier alpha value is -0.350. The number of hydrogen-bond acceptors (Lipinski definition) is 1. The summed E-state index contributed by atoms with van der Waals surface area (Å²) in [4.78, 5) is 14.5. The molecule has 4 heteroatoms.